The molecule has 0 bridgehead atoms. The molecule has 148 valence electrons. The van der Waals surface area contributed by atoms with Gasteiger partial charge in [0.2, 0.25) is 0 Å². The van der Waals surface area contributed by atoms with Crippen LogP contribution in [0.1, 0.15) is 5.56 Å². The van der Waals surface area contributed by atoms with Crippen molar-refractivity contribution in [1.29, 1.82) is 0 Å². The summed E-state index contributed by atoms with van der Waals surface area (Å²) >= 11 is 0. The molecular weight excluding hydrogens is 393 g/mol. The van der Waals surface area contributed by atoms with Gasteiger partial charge in [-0.2, -0.15) is 0 Å². The number of aryl methyl sites for hydroxylation is 1. The smallest absolute Gasteiger partial charge is 0.265 e. The van der Waals surface area contributed by atoms with E-state index in [4.69, 9.17) is 4.74 Å². The second-order valence-corrected chi connectivity index (χ2v) is 8.22. The van der Waals surface area contributed by atoms with E-state index in [1.54, 1.807) is 24.3 Å². The minimum Gasteiger partial charge on any atom is -0.495 e. The number of ether oxygens (including phenoxy) is 1. The molecule has 0 saturated heterocycles. The summed E-state index contributed by atoms with van der Waals surface area (Å²) in [6, 6.07) is 14.1. The van der Waals surface area contributed by atoms with Crippen LogP contribution in [0.4, 0.5) is 10.1 Å². The number of sulfonamides is 1. The van der Waals surface area contributed by atoms with Gasteiger partial charge in [0, 0.05) is 23.6 Å². The highest BCUT2D eigenvalue weighted by Gasteiger charge is 2.20. The third-order valence-electron chi connectivity index (χ3n) is 4.46. The number of benzene rings is 2. The average molecular weight is 411 g/mol. The normalized spacial score (nSPS) is 11.6. The summed E-state index contributed by atoms with van der Waals surface area (Å²) in [5.74, 6) is -0.598. The molecule has 6 nitrogen and oxygen atoms in total. The number of hydrogen-bond acceptors (Lipinski definition) is 4. The Morgan fingerprint density at radius 1 is 1.07 bits per heavy atom. The van der Waals surface area contributed by atoms with Gasteiger partial charge in [0.15, 0.2) is 0 Å². The van der Waals surface area contributed by atoms with E-state index < -0.39 is 15.8 Å². The van der Waals surface area contributed by atoms with Crippen LogP contribution >= 0.6 is 0 Å². The van der Waals surface area contributed by atoms with Gasteiger partial charge in [-0.25, -0.2) is 17.8 Å². The van der Waals surface area contributed by atoms with Crippen molar-refractivity contribution in [1.82, 2.24) is 9.38 Å². The van der Waals surface area contributed by atoms with Gasteiger partial charge in [-0.1, -0.05) is 12.1 Å². The van der Waals surface area contributed by atoms with Gasteiger partial charge in [-0.15, -0.1) is 0 Å². The van der Waals surface area contributed by atoms with Crippen molar-refractivity contribution in [3.8, 4) is 17.0 Å². The van der Waals surface area contributed by atoms with E-state index in [0.717, 1.165) is 34.6 Å². The molecule has 4 aromatic rings. The molecule has 0 atom stereocenters. The summed E-state index contributed by atoms with van der Waals surface area (Å²) in [7, 11) is -2.69. The number of halogens is 1. The Kier molecular flexibility index (Phi) is 4.71. The number of rotatable bonds is 5. The molecule has 0 aliphatic rings. The first-order valence-electron chi connectivity index (χ1n) is 8.78. The maximum atomic E-state index is 13.5. The quantitative estimate of drug-likeness (QED) is 0.533. The fraction of sp³-hybridized carbons (Fsp3) is 0.0952. The number of aromatic nitrogens is 2. The van der Waals surface area contributed by atoms with Crippen molar-refractivity contribution < 1.29 is 17.5 Å². The highest BCUT2D eigenvalue weighted by Crippen LogP contribution is 2.28. The molecule has 1 N–H and O–H groups in total. The Hall–Kier alpha value is -3.39. The molecule has 29 heavy (non-hydrogen) atoms. The molecule has 0 amide bonds. The Morgan fingerprint density at radius 2 is 1.83 bits per heavy atom. The largest absolute Gasteiger partial charge is 0.495 e. The van der Waals surface area contributed by atoms with Crippen LogP contribution in [-0.4, -0.2) is 24.9 Å². The van der Waals surface area contributed by atoms with E-state index >= 15 is 0 Å². The van der Waals surface area contributed by atoms with Gasteiger partial charge in [-0.05, 0) is 55.0 Å². The van der Waals surface area contributed by atoms with Crippen LogP contribution in [0.5, 0.6) is 5.75 Å². The second-order valence-electron chi connectivity index (χ2n) is 6.57. The summed E-state index contributed by atoms with van der Waals surface area (Å²) in [4.78, 5) is 4.33. The van der Waals surface area contributed by atoms with E-state index in [0.29, 0.717) is 5.69 Å². The molecule has 0 aliphatic carbocycles. The fourth-order valence-corrected chi connectivity index (χ4v) is 4.24. The summed E-state index contributed by atoms with van der Waals surface area (Å²) in [5, 5.41) is 0. The molecule has 0 fully saturated rings. The van der Waals surface area contributed by atoms with Crippen molar-refractivity contribution in [3.63, 3.8) is 0 Å². The predicted molar refractivity (Wildman–Crippen MR) is 109 cm³/mol. The van der Waals surface area contributed by atoms with Crippen molar-refractivity contribution in [2.45, 2.75) is 11.8 Å². The van der Waals surface area contributed by atoms with E-state index in [2.05, 4.69) is 9.71 Å². The monoisotopic (exact) mass is 411 g/mol. The first kappa shape index (κ1) is 18.9. The van der Waals surface area contributed by atoms with Crippen LogP contribution in [0.25, 0.3) is 16.9 Å². The van der Waals surface area contributed by atoms with Gasteiger partial charge in [0.05, 0.1) is 12.8 Å². The molecule has 2 aromatic carbocycles. The third kappa shape index (κ3) is 3.79. The number of hydrogen-bond donors (Lipinski definition) is 1. The van der Waals surface area contributed by atoms with Gasteiger partial charge in [0.1, 0.15) is 22.1 Å². The first-order chi connectivity index (χ1) is 13.9. The lowest BCUT2D eigenvalue weighted by atomic mass is 10.1. The molecule has 2 heterocycles. The molecule has 8 heteroatoms. The molecule has 0 radical (unpaired) electrons. The van der Waals surface area contributed by atoms with E-state index in [-0.39, 0.29) is 10.6 Å². The topological polar surface area (TPSA) is 72.7 Å². The number of imidazole rings is 1. The van der Waals surface area contributed by atoms with E-state index in [9.17, 15) is 12.8 Å². The minimum atomic E-state index is -4.02. The van der Waals surface area contributed by atoms with Crippen LogP contribution in [0, 0.1) is 12.7 Å². The van der Waals surface area contributed by atoms with Crippen molar-refractivity contribution in [2.75, 3.05) is 11.8 Å². The lowest BCUT2D eigenvalue weighted by molar-refractivity contribution is 0.401. The van der Waals surface area contributed by atoms with Gasteiger partial charge >= 0.3 is 0 Å². The lowest BCUT2D eigenvalue weighted by Crippen LogP contribution is -2.14. The van der Waals surface area contributed by atoms with Gasteiger partial charge in [-0.3, -0.25) is 4.72 Å². The Labute approximate surface area is 167 Å². The summed E-state index contributed by atoms with van der Waals surface area (Å²) in [6.45, 7) is 2.00. The first-order valence-corrected chi connectivity index (χ1v) is 10.3. The minimum absolute atomic E-state index is 0.0653. The molecule has 0 unspecified atom stereocenters. The Balaban J connectivity index is 1.61. The number of pyridine rings is 1. The molecule has 2 aromatic heterocycles. The molecule has 0 saturated carbocycles. The average Bonchev–Trinajstić information content (AvgIpc) is 3.11. The zero-order valence-electron chi connectivity index (χ0n) is 15.8. The number of methoxy groups -OCH3 is 1. The van der Waals surface area contributed by atoms with E-state index in [1.165, 1.54) is 13.2 Å². The van der Waals surface area contributed by atoms with Gasteiger partial charge in [0.25, 0.3) is 10.0 Å². The SMILES string of the molecule is COc1ccc(F)cc1S(=O)(=O)Nc1ccc(-c2cn3ccc(C)cc3n2)cc1. The number of fused-ring (bicyclic) bond motifs is 1. The zero-order chi connectivity index (χ0) is 20.6. The molecule has 4 rings (SSSR count). The van der Waals surface area contributed by atoms with Crippen molar-refractivity contribution >= 4 is 21.4 Å². The summed E-state index contributed by atoms with van der Waals surface area (Å²) in [6.07, 6.45) is 3.85. The maximum Gasteiger partial charge on any atom is 0.265 e. The maximum absolute atomic E-state index is 13.5. The highest BCUT2D eigenvalue weighted by atomic mass is 32.2. The van der Waals surface area contributed by atoms with Crippen LogP contribution < -0.4 is 9.46 Å². The lowest BCUT2D eigenvalue weighted by Gasteiger charge is -2.12. The number of nitrogens with one attached hydrogen (secondary N) is 1. The van der Waals surface area contributed by atoms with Crippen LogP contribution in [0.2, 0.25) is 0 Å². The third-order valence-corrected chi connectivity index (χ3v) is 5.87. The molecular formula is C21H18FN3O3S. The Bertz CT molecular complexity index is 1300. The molecule has 0 aliphatic heterocycles. The standard InChI is InChI=1S/C21H18FN3O3S/c1-14-9-10-25-13-18(23-21(25)11-14)15-3-6-17(7-4-15)24-29(26,27)20-12-16(22)5-8-19(20)28-2/h3-13,24H,1-2H3. The zero-order valence-corrected chi connectivity index (χ0v) is 16.6. The van der Waals surface area contributed by atoms with Crippen LogP contribution in [0.15, 0.2) is 71.9 Å². The number of anilines is 1. The molecule has 0 spiro atoms. The fourth-order valence-electron chi connectivity index (χ4n) is 3.00. The predicted octanol–water partition coefficient (Wildman–Crippen LogP) is 4.26. The van der Waals surface area contributed by atoms with Crippen LogP contribution in [-0.2, 0) is 10.0 Å². The van der Waals surface area contributed by atoms with Gasteiger partial charge < -0.3 is 9.14 Å². The highest BCUT2D eigenvalue weighted by molar-refractivity contribution is 7.92. The Morgan fingerprint density at radius 3 is 2.55 bits per heavy atom. The van der Waals surface area contributed by atoms with Crippen LogP contribution in [0.3, 0.4) is 0 Å². The number of nitrogens with zero attached hydrogens (tertiary/aromatic N) is 2. The van der Waals surface area contributed by atoms with E-state index in [1.807, 2.05) is 35.9 Å². The summed E-state index contributed by atoms with van der Waals surface area (Å²) < 4.78 is 48.3. The van der Waals surface area contributed by atoms with Crippen molar-refractivity contribution in [2.24, 2.45) is 0 Å². The second kappa shape index (κ2) is 7.21. The van der Waals surface area contributed by atoms with Crippen molar-refractivity contribution in [3.05, 3.63) is 78.4 Å². The summed E-state index contributed by atoms with van der Waals surface area (Å²) in [5.41, 5.74) is 3.92.